The van der Waals surface area contributed by atoms with Gasteiger partial charge in [0.2, 0.25) is 0 Å². The van der Waals surface area contributed by atoms with Crippen molar-refractivity contribution in [2.45, 2.75) is 32.0 Å². The molecule has 0 radical (unpaired) electrons. The van der Waals surface area contributed by atoms with Crippen LogP contribution < -0.4 is 0 Å². The maximum Gasteiger partial charge on any atom is 0.107 e. The molecule has 2 atom stereocenters. The van der Waals surface area contributed by atoms with Gasteiger partial charge in [-0.15, -0.1) is 0 Å². The highest BCUT2D eigenvalue weighted by Crippen LogP contribution is 2.21. The number of aliphatic hydroxyl groups is 3. The van der Waals surface area contributed by atoms with Crippen LogP contribution in [-0.2, 0) is 0 Å². The predicted molar refractivity (Wildman–Crippen MR) is 58.6 cm³/mol. The Bertz CT molecular complexity index is 309. The summed E-state index contributed by atoms with van der Waals surface area (Å²) < 4.78 is 0. The van der Waals surface area contributed by atoms with Crippen LogP contribution in [0.1, 0.15) is 37.0 Å². The molecule has 0 aliphatic heterocycles. The highest BCUT2D eigenvalue weighted by Gasteiger charge is 2.17. The number of rotatable bonds is 4. The van der Waals surface area contributed by atoms with Crippen molar-refractivity contribution in [1.29, 1.82) is 0 Å². The van der Waals surface area contributed by atoms with Gasteiger partial charge in [0.25, 0.3) is 0 Å². The molecule has 0 saturated carbocycles. The number of aliphatic hydroxyl groups excluding tert-OH is 3. The van der Waals surface area contributed by atoms with Crippen LogP contribution >= 0.6 is 0 Å². The lowest BCUT2D eigenvalue weighted by atomic mass is 9.97. The van der Waals surface area contributed by atoms with E-state index in [0.29, 0.717) is 11.5 Å². The van der Waals surface area contributed by atoms with Crippen LogP contribution in [-0.4, -0.2) is 28.0 Å². The first-order valence-electron chi connectivity index (χ1n) is 5.13. The summed E-state index contributed by atoms with van der Waals surface area (Å²) in [5.74, 6) is 0.378. The van der Waals surface area contributed by atoms with Crippen LogP contribution in [0.25, 0.3) is 0 Å². The summed E-state index contributed by atoms with van der Waals surface area (Å²) in [6.45, 7) is 3.69. The molecular formula is C12H18O3. The van der Waals surface area contributed by atoms with Crippen LogP contribution in [0.2, 0.25) is 0 Å². The topological polar surface area (TPSA) is 60.7 Å². The third-order valence-corrected chi connectivity index (χ3v) is 2.47. The van der Waals surface area contributed by atoms with Crippen molar-refractivity contribution in [3.8, 4) is 0 Å². The molecule has 0 fully saturated rings. The minimum Gasteiger partial charge on any atom is -0.394 e. The second-order valence-corrected chi connectivity index (χ2v) is 4.02. The van der Waals surface area contributed by atoms with Gasteiger partial charge in [0.15, 0.2) is 0 Å². The van der Waals surface area contributed by atoms with Gasteiger partial charge < -0.3 is 15.3 Å². The van der Waals surface area contributed by atoms with Crippen LogP contribution in [0.3, 0.4) is 0 Å². The van der Waals surface area contributed by atoms with Crippen LogP contribution in [0.5, 0.6) is 0 Å². The van der Waals surface area contributed by atoms with E-state index in [9.17, 15) is 10.2 Å². The fraction of sp³-hybridized carbons (Fsp3) is 0.500. The quantitative estimate of drug-likeness (QED) is 0.699. The van der Waals surface area contributed by atoms with Crippen molar-refractivity contribution >= 4 is 0 Å². The number of benzene rings is 1. The second kappa shape index (κ2) is 5.26. The Morgan fingerprint density at radius 2 is 1.73 bits per heavy atom. The molecule has 1 aromatic rings. The smallest absolute Gasteiger partial charge is 0.107 e. The summed E-state index contributed by atoms with van der Waals surface area (Å²) in [5.41, 5.74) is 1.75. The van der Waals surface area contributed by atoms with Gasteiger partial charge in [-0.25, -0.2) is 0 Å². The molecule has 0 amide bonds. The van der Waals surface area contributed by atoms with Gasteiger partial charge in [-0.3, -0.25) is 0 Å². The van der Waals surface area contributed by atoms with E-state index in [1.807, 2.05) is 18.2 Å². The summed E-state index contributed by atoms with van der Waals surface area (Å²) in [6, 6.07) is 7.42. The molecule has 3 N–H and O–H groups in total. The monoisotopic (exact) mass is 210 g/mol. The Morgan fingerprint density at radius 1 is 1.13 bits per heavy atom. The predicted octanol–water partition coefficient (Wildman–Crippen LogP) is 1.20. The molecule has 1 aromatic carbocycles. The van der Waals surface area contributed by atoms with Crippen molar-refractivity contribution in [1.82, 2.24) is 0 Å². The molecule has 2 unspecified atom stereocenters. The highest BCUT2D eigenvalue weighted by molar-refractivity contribution is 5.27. The summed E-state index contributed by atoms with van der Waals surface area (Å²) in [6.07, 6.45) is -2.14. The third-order valence-electron chi connectivity index (χ3n) is 2.47. The maximum atomic E-state index is 9.69. The minimum atomic E-state index is -1.12. The zero-order valence-corrected chi connectivity index (χ0v) is 9.09. The standard InChI is InChI=1S/C12H18O3/c1-8(2)9-4-3-5-10(6-9)12(15)11(14)7-13/h3-6,8,11-15H,7H2,1-2H3. The van der Waals surface area contributed by atoms with Gasteiger partial charge in [0.1, 0.15) is 12.2 Å². The summed E-state index contributed by atoms with van der Waals surface area (Å²) >= 11 is 0. The first-order chi connectivity index (χ1) is 7.06. The summed E-state index contributed by atoms with van der Waals surface area (Å²) in [4.78, 5) is 0. The SMILES string of the molecule is CC(C)c1cccc(C(O)C(O)CO)c1. The molecule has 0 bridgehead atoms. The Morgan fingerprint density at radius 3 is 2.27 bits per heavy atom. The molecule has 0 spiro atoms. The molecule has 0 aliphatic carbocycles. The summed E-state index contributed by atoms with van der Waals surface area (Å²) in [7, 11) is 0. The maximum absolute atomic E-state index is 9.69. The van der Waals surface area contributed by atoms with Crippen LogP contribution in [0, 0.1) is 0 Å². The Hall–Kier alpha value is -0.900. The average Bonchev–Trinajstić information content (AvgIpc) is 2.27. The van der Waals surface area contributed by atoms with Crippen LogP contribution in [0.15, 0.2) is 24.3 Å². The van der Waals surface area contributed by atoms with Gasteiger partial charge in [0, 0.05) is 0 Å². The molecule has 0 aliphatic rings. The molecule has 3 nitrogen and oxygen atoms in total. The van der Waals surface area contributed by atoms with E-state index in [1.165, 1.54) is 0 Å². The first kappa shape index (κ1) is 12.2. The second-order valence-electron chi connectivity index (χ2n) is 4.02. The van der Waals surface area contributed by atoms with Gasteiger partial charge in [0.05, 0.1) is 6.61 Å². The molecule has 0 saturated heterocycles. The lowest BCUT2D eigenvalue weighted by Gasteiger charge is -2.17. The van der Waals surface area contributed by atoms with Gasteiger partial charge in [-0.05, 0) is 17.0 Å². The highest BCUT2D eigenvalue weighted by atomic mass is 16.4. The van der Waals surface area contributed by atoms with E-state index in [0.717, 1.165) is 5.56 Å². The van der Waals surface area contributed by atoms with Gasteiger partial charge in [-0.1, -0.05) is 38.1 Å². The fourth-order valence-electron chi connectivity index (χ4n) is 1.42. The van der Waals surface area contributed by atoms with Crippen LogP contribution in [0.4, 0.5) is 0 Å². The van der Waals surface area contributed by atoms with E-state index >= 15 is 0 Å². The largest absolute Gasteiger partial charge is 0.394 e. The van der Waals surface area contributed by atoms with E-state index in [4.69, 9.17) is 5.11 Å². The third kappa shape index (κ3) is 3.02. The Labute approximate surface area is 90.0 Å². The van der Waals surface area contributed by atoms with Gasteiger partial charge >= 0.3 is 0 Å². The molecule has 0 aromatic heterocycles. The lowest BCUT2D eigenvalue weighted by Crippen LogP contribution is -2.22. The van der Waals surface area contributed by atoms with Crippen molar-refractivity contribution in [3.63, 3.8) is 0 Å². The van der Waals surface area contributed by atoms with E-state index < -0.39 is 18.8 Å². The molecule has 3 heteroatoms. The number of hydrogen-bond acceptors (Lipinski definition) is 3. The Kier molecular flexibility index (Phi) is 4.27. The van der Waals surface area contributed by atoms with Crippen molar-refractivity contribution in [3.05, 3.63) is 35.4 Å². The molecule has 84 valence electrons. The van der Waals surface area contributed by atoms with E-state index in [2.05, 4.69) is 13.8 Å². The van der Waals surface area contributed by atoms with Crippen molar-refractivity contribution in [2.75, 3.05) is 6.61 Å². The molecule has 15 heavy (non-hydrogen) atoms. The zero-order chi connectivity index (χ0) is 11.4. The molecule has 1 rings (SSSR count). The van der Waals surface area contributed by atoms with Crippen molar-refractivity contribution < 1.29 is 15.3 Å². The zero-order valence-electron chi connectivity index (χ0n) is 9.09. The summed E-state index contributed by atoms with van der Waals surface area (Å²) in [5, 5.41) is 27.7. The fourth-order valence-corrected chi connectivity index (χ4v) is 1.42. The van der Waals surface area contributed by atoms with Crippen molar-refractivity contribution in [2.24, 2.45) is 0 Å². The minimum absolute atomic E-state index is 0.378. The normalized spacial score (nSPS) is 15.3. The van der Waals surface area contributed by atoms with E-state index in [-0.39, 0.29) is 0 Å². The number of hydrogen-bond donors (Lipinski definition) is 3. The first-order valence-corrected chi connectivity index (χ1v) is 5.13. The lowest BCUT2D eigenvalue weighted by molar-refractivity contribution is -0.0152. The average molecular weight is 210 g/mol. The van der Waals surface area contributed by atoms with Gasteiger partial charge in [-0.2, -0.15) is 0 Å². The Balaban J connectivity index is 2.90. The molecular weight excluding hydrogens is 192 g/mol. The molecule has 0 heterocycles. The van der Waals surface area contributed by atoms with E-state index in [1.54, 1.807) is 6.07 Å².